The lowest BCUT2D eigenvalue weighted by Gasteiger charge is -2.20. The number of amides is 2. The largest absolute Gasteiger partial charge is 0.497 e. The monoisotopic (exact) mass is 461 g/mol. The van der Waals surface area contributed by atoms with Crippen molar-refractivity contribution in [2.24, 2.45) is 11.0 Å². The van der Waals surface area contributed by atoms with Gasteiger partial charge in [0.1, 0.15) is 17.5 Å². The molecule has 2 amide bonds. The molecule has 0 saturated carbocycles. The van der Waals surface area contributed by atoms with E-state index in [9.17, 15) is 9.59 Å². The summed E-state index contributed by atoms with van der Waals surface area (Å²) in [5.41, 5.74) is 3.80. The molecule has 0 radical (unpaired) electrons. The summed E-state index contributed by atoms with van der Waals surface area (Å²) < 4.78 is 11.0. The fourth-order valence-corrected chi connectivity index (χ4v) is 3.48. The molecule has 3 rings (SSSR count). The van der Waals surface area contributed by atoms with Crippen LogP contribution in [0.4, 0.5) is 0 Å². The molecule has 1 unspecified atom stereocenters. The third-order valence-corrected chi connectivity index (χ3v) is 5.35. The van der Waals surface area contributed by atoms with E-state index in [0.29, 0.717) is 23.7 Å². The number of nitrogens with zero attached hydrogens (tertiary/aromatic N) is 1. The third-order valence-electron chi connectivity index (χ3n) is 5.35. The Balaban J connectivity index is 1.75. The first-order valence-electron chi connectivity index (χ1n) is 11.4. The number of hydrogen-bond acceptors (Lipinski definition) is 5. The van der Waals surface area contributed by atoms with Gasteiger partial charge in [-0.25, -0.2) is 5.43 Å². The zero-order valence-electron chi connectivity index (χ0n) is 20.0. The Morgan fingerprint density at radius 3 is 2.44 bits per heavy atom. The molecule has 0 aliphatic carbocycles. The number of rotatable bonds is 10. The van der Waals surface area contributed by atoms with E-state index in [0.717, 1.165) is 22.8 Å². The Labute approximate surface area is 200 Å². The highest BCUT2D eigenvalue weighted by Gasteiger charge is 2.24. The van der Waals surface area contributed by atoms with Gasteiger partial charge in [0.25, 0.3) is 11.8 Å². The SMILES string of the molecule is CCCOc1ccc2ccccc2c1C=NNC(=O)C(NC(=O)c1ccc(OC)cc1)C(C)C. The molecule has 34 heavy (non-hydrogen) atoms. The van der Waals surface area contributed by atoms with E-state index in [1.165, 1.54) is 0 Å². The summed E-state index contributed by atoms with van der Waals surface area (Å²) in [6.07, 6.45) is 2.47. The zero-order valence-corrected chi connectivity index (χ0v) is 20.0. The number of carbonyl (C=O) groups is 2. The Kier molecular flexibility index (Phi) is 8.62. The number of fused-ring (bicyclic) bond motifs is 1. The van der Waals surface area contributed by atoms with Gasteiger partial charge in [-0.3, -0.25) is 9.59 Å². The first-order chi connectivity index (χ1) is 16.4. The summed E-state index contributed by atoms with van der Waals surface area (Å²) in [5.74, 6) is 0.471. The first-order valence-corrected chi connectivity index (χ1v) is 11.4. The minimum absolute atomic E-state index is 0.140. The van der Waals surface area contributed by atoms with Crippen molar-refractivity contribution in [3.63, 3.8) is 0 Å². The molecule has 3 aromatic rings. The number of ether oxygens (including phenoxy) is 2. The van der Waals surface area contributed by atoms with Gasteiger partial charge in [-0.05, 0) is 53.4 Å². The van der Waals surface area contributed by atoms with E-state index in [2.05, 4.69) is 15.8 Å². The molecule has 1 atom stereocenters. The van der Waals surface area contributed by atoms with Crippen LogP contribution in [0.15, 0.2) is 65.8 Å². The summed E-state index contributed by atoms with van der Waals surface area (Å²) in [5, 5.41) is 9.01. The average Bonchev–Trinajstić information content (AvgIpc) is 2.86. The molecule has 0 spiro atoms. The number of hydrogen-bond donors (Lipinski definition) is 2. The second-order valence-corrected chi connectivity index (χ2v) is 8.20. The number of hydrazone groups is 1. The van der Waals surface area contributed by atoms with Crippen molar-refractivity contribution >= 4 is 28.8 Å². The summed E-state index contributed by atoms with van der Waals surface area (Å²) in [7, 11) is 1.56. The molecule has 0 fully saturated rings. The van der Waals surface area contributed by atoms with E-state index in [1.54, 1.807) is 37.6 Å². The molecule has 0 heterocycles. The molecule has 0 aliphatic rings. The van der Waals surface area contributed by atoms with Crippen LogP contribution in [-0.4, -0.2) is 37.8 Å². The topological polar surface area (TPSA) is 89.0 Å². The van der Waals surface area contributed by atoms with Gasteiger partial charge in [0.15, 0.2) is 0 Å². The number of methoxy groups -OCH3 is 1. The van der Waals surface area contributed by atoms with Gasteiger partial charge in [-0.2, -0.15) is 5.10 Å². The Bertz CT molecular complexity index is 1160. The lowest BCUT2D eigenvalue weighted by atomic mass is 10.0. The third kappa shape index (κ3) is 6.13. The fraction of sp³-hybridized carbons (Fsp3) is 0.296. The van der Waals surface area contributed by atoms with Crippen molar-refractivity contribution < 1.29 is 19.1 Å². The predicted molar refractivity (Wildman–Crippen MR) is 135 cm³/mol. The van der Waals surface area contributed by atoms with Crippen molar-refractivity contribution in [2.75, 3.05) is 13.7 Å². The maximum Gasteiger partial charge on any atom is 0.262 e. The summed E-state index contributed by atoms with van der Waals surface area (Å²) in [6, 6.07) is 17.8. The van der Waals surface area contributed by atoms with Crippen LogP contribution >= 0.6 is 0 Å². The number of benzene rings is 3. The Hall–Kier alpha value is -3.87. The van der Waals surface area contributed by atoms with E-state index in [4.69, 9.17) is 9.47 Å². The average molecular weight is 462 g/mol. The van der Waals surface area contributed by atoms with Crippen molar-refractivity contribution in [1.82, 2.24) is 10.7 Å². The van der Waals surface area contributed by atoms with Gasteiger partial charge < -0.3 is 14.8 Å². The molecule has 0 saturated heterocycles. The summed E-state index contributed by atoms with van der Waals surface area (Å²) in [4.78, 5) is 25.5. The van der Waals surface area contributed by atoms with Crippen LogP contribution in [-0.2, 0) is 4.79 Å². The molecule has 7 nitrogen and oxygen atoms in total. The second kappa shape index (κ2) is 11.8. The maximum absolute atomic E-state index is 12.9. The predicted octanol–water partition coefficient (Wildman–Crippen LogP) is 4.54. The number of carbonyl (C=O) groups excluding carboxylic acids is 2. The molecule has 7 heteroatoms. The zero-order chi connectivity index (χ0) is 24.5. The van der Waals surface area contributed by atoms with Crippen molar-refractivity contribution in [3.8, 4) is 11.5 Å². The van der Waals surface area contributed by atoms with Crippen molar-refractivity contribution in [1.29, 1.82) is 0 Å². The minimum Gasteiger partial charge on any atom is -0.497 e. The quantitative estimate of drug-likeness (QED) is 0.343. The van der Waals surface area contributed by atoms with Crippen LogP contribution in [0.1, 0.15) is 43.1 Å². The van der Waals surface area contributed by atoms with Crippen LogP contribution < -0.4 is 20.2 Å². The molecular formula is C27H31N3O4. The number of nitrogens with one attached hydrogen (secondary N) is 2. The normalized spacial score (nSPS) is 12.0. The van der Waals surface area contributed by atoms with Crippen LogP contribution in [0.5, 0.6) is 11.5 Å². The highest BCUT2D eigenvalue weighted by atomic mass is 16.5. The van der Waals surface area contributed by atoms with Crippen LogP contribution in [0.2, 0.25) is 0 Å². The maximum atomic E-state index is 12.9. The smallest absolute Gasteiger partial charge is 0.262 e. The molecule has 178 valence electrons. The van der Waals surface area contributed by atoms with Gasteiger partial charge in [-0.15, -0.1) is 0 Å². The second-order valence-electron chi connectivity index (χ2n) is 8.20. The van der Waals surface area contributed by atoms with Crippen LogP contribution in [0.3, 0.4) is 0 Å². The Morgan fingerprint density at radius 1 is 1.03 bits per heavy atom. The molecule has 0 aromatic heterocycles. The molecular weight excluding hydrogens is 430 g/mol. The molecule has 3 aromatic carbocycles. The van der Waals surface area contributed by atoms with Gasteiger partial charge >= 0.3 is 0 Å². The van der Waals surface area contributed by atoms with E-state index < -0.39 is 11.9 Å². The molecule has 0 bridgehead atoms. The summed E-state index contributed by atoms with van der Waals surface area (Å²) in [6.45, 7) is 6.35. The lowest BCUT2D eigenvalue weighted by Crippen LogP contribution is -2.48. The lowest BCUT2D eigenvalue weighted by molar-refractivity contribution is -0.123. The minimum atomic E-state index is -0.755. The van der Waals surface area contributed by atoms with E-state index in [-0.39, 0.29) is 11.8 Å². The molecule has 0 aliphatic heterocycles. The van der Waals surface area contributed by atoms with Gasteiger partial charge in [0.2, 0.25) is 0 Å². The van der Waals surface area contributed by atoms with Crippen LogP contribution in [0, 0.1) is 5.92 Å². The van der Waals surface area contributed by atoms with Crippen molar-refractivity contribution in [3.05, 3.63) is 71.8 Å². The standard InChI is InChI=1S/C27H31N3O4/c1-5-16-34-24-15-12-19-8-6-7-9-22(19)23(24)17-28-30-27(32)25(18(2)3)29-26(31)20-10-13-21(33-4)14-11-20/h6-15,17-18,25H,5,16H2,1-4H3,(H,29,31)(H,30,32). The van der Waals surface area contributed by atoms with E-state index in [1.807, 2.05) is 57.2 Å². The van der Waals surface area contributed by atoms with Gasteiger partial charge in [0, 0.05) is 11.1 Å². The van der Waals surface area contributed by atoms with Crippen molar-refractivity contribution in [2.45, 2.75) is 33.2 Å². The highest BCUT2D eigenvalue weighted by molar-refractivity contribution is 6.03. The van der Waals surface area contributed by atoms with Gasteiger partial charge in [0.05, 0.1) is 19.9 Å². The van der Waals surface area contributed by atoms with Gasteiger partial charge in [-0.1, -0.05) is 51.1 Å². The summed E-state index contributed by atoms with van der Waals surface area (Å²) >= 11 is 0. The molecule has 2 N–H and O–H groups in total. The van der Waals surface area contributed by atoms with E-state index >= 15 is 0 Å². The van der Waals surface area contributed by atoms with Crippen LogP contribution in [0.25, 0.3) is 10.8 Å². The Morgan fingerprint density at radius 2 is 1.76 bits per heavy atom. The first kappa shape index (κ1) is 24.8. The fourth-order valence-electron chi connectivity index (χ4n) is 3.48. The highest BCUT2D eigenvalue weighted by Crippen LogP contribution is 2.26.